The number of rotatable bonds is 4. The normalized spacial score (nSPS) is 12.1. The minimum absolute atomic E-state index is 0.202. The highest BCUT2D eigenvalue weighted by Gasteiger charge is 2.24. The summed E-state index contributed by atoms with van der Waals surface area (Å²) < 4.78 is 10.0. The van der Waals surface area contributed by atoms with Crippen LogP contribution in [-0.2, 0) is 19.1 Å². The summed E-state index contributed by atoms with van der Waals surface area (Å²) in [5, 5.41) is 0. The Balaban J connectivity index is 3.68. The molecule has 0 rings (SSSR count). The quantitative estimate of drug-likeness (QED) is 0.443. The highest BCUT2D eigenvalue weighted by molar-refractivity contribution is 7.99. The molecule has 0 aromatic carbocycles. The van der Waals surface area contributed by atoms with Gasteiger partial charge in [0, 0.05) is 0 Å². The summed E-state index contributed by atoms with van der Waals surface area (Å²) in [6.45, 7) is 10.7. The fraction of sp³-hybridized carbons (Fsp3) is 0.833. The Morgan fingerprint density at radius 3 is 1.35 bits per heavy atom. The van der Waals surface area contributed by atoms with Crippen molar-refractivity contribution in [2.45, 2.75) is 41.5 Å². The topological polar surface area (TPSA) is 52.6 Å². The van der Waals surface area contributed by atoms with E-state index < -0.39 is 10.8 Å². The summed E-state index contributed by atoms with van der Waals surface area (Å²) in [4.78, 5) is 22.8. The van der Waals surface area contributed by atoms with Gasteiger partial charge in [0.05, 0.1) is 10.8 Å². The van der Waals surface area contributed by atoms with Gasteiger partial charge in [0.1, 0.15) is 11.9 Å². The van der Waals surface area contributed by atoms with Crippen molar-refractivity contribution in [3.8, 4) is 0 Å². The molecule has 5 heteroatoms. The number of carbonyl (C=O) groups excluding carboxylic acids is 2. The third-order valence-electron chi connectivity index (χ3n) is 1.77. The molecule has 0 aliphatic rings. The summed E-state index contributed by atoms with van der Waals surface area (Å²) in [6.07, 6.45) is 0. The van der Waals surface area contributed by atoms with Crippen LogP contribution in [0.3, 0.4) is 0 Å². The van der Waals surface area contributed by atoms with Crippen LogP contribution in [0, 0.1) is 10.8 Å². The van der Waals surface area contributed by atoms with Crippen LogP contribution >= 0.6 is 11.8 Å². The Kier molecular flexibility index (Phi) is 6.02. The fourth-order valence-corrected chi connectivity index (χ4v) is 1.11. The van der Waals surface area contributed by atoms with Gasteiger partial charge in [-0.15, -0.1) is 0 Å². The van der Waals surface area contributed by atoms with Crippen molar-refractivity contribution in [2.75, 3.05) is 11.9 Å². The standard InChI is InChI=1S/C12H22O4S/c1-11(2,3)9(13)15-7-17-8-16-10(14)12(4,5)6/h7-8H2,1-6H3. The van der Waals surface area contributed by atoms with Crippen LogP contribution in [-0.4, -0.2) is 23.8 Å². The largest absolute Gasteiger partial charge is 0.454 e. The van der Waals surface area contributed by atoms with Gasteiger partial charge in [0.2, 0.25) is 0 Å². The molecule has 0 saturated carbocycles. The smallest absolute Gasteiger partial charge is 0.312 e. The van der Waals surface area contributed by atoms with Gasteiger partial charge in [-0.25, -0.2) is 0 Å². The Hall–Kier alpha value is -0.710. The number of esters is 2. The molecule has 0 aliphatic carbocycles. The van der Waals surface area contributed by atoms with E-state index in [4.69, 9.17) is 9.47 Å². The third-order valence-corrected chi connectivity index (χ3v) is 2.34. The number of hydrogen-bond acceptors (Lipinski definition) is 5. The number of carbonyl (C=O) groups is 2. The molecule has 0 aromatic rings. The van der Waals surface area contributed by atoms with Crippen LogP contribution in [0.4, 0.5) is 0 Å². The number of hydrogen-bond donors (Lipinski definition) is 0. The molecule has 0 fully saturated rings. The minimum Gasteiger partial charge on any atom is -0.454 e. The van der Waals surface area contributed by atoms with Gasteiger partial charge in [-0.1, -0.05) is 11.8 Å². The van der Waals surface area contributed by atoms with Crippen molar-refractivity contribution in [1.82, 2.24) is 0 Å². The SMILES string of the molecule is CC(C)(C)C(=O)OCSCOC(=O)C(C)(C)C. The zero-order valence-electron chi connectivity index (χ0n) is 11.5. The Morgan fingerprint density at radius 1 is 0.824 bits per heavy atom. The third kappa shape index (κ3) is 7.26. The predicted octanol–water partition coefficient (Wildman–Crippen LogP) is 2.81. The van der Waals surface area contributed by atoms with Crippen molar-refractivity contribution < 1.29 is 19.1 Å². The molecular formula is C12H22O4S. The van der Waals surface area contributed by atoms with E-state index in [1.165, 1.54) is 11.8 Å². The lowest BCUT2D eigenvalue weighted by Gasteiger charge is -2.17. The zero-order valence-corrected chi connectivity index (χ0v) is 12.3. The van der Waals surface area contributed by atoms with Gasteiger partial charge in [-0.2, -0.15) is 0 Å². The fourth-order valence-electron chi connectivity index (χ4n) is 0.657. The second kappa shape index (κ2) is 6.28. The van der Waals surface area contributed by atoms with E-state index >= 15 is 0 Å². The molecule has 0 radical (unpaired) electrons. The van der Waals surface area contributed by atoms with Crippen LogP contribution < -0.4 is 0 Å². The second-order valence-corrected chi connectivity index (χ2v) is 6.68. The summed E-state index contributed by atoms with van der Waals surface area (Å²) in [7, 11) is 0. The van der Waals surface area contributed by atoms with Gasteiger partial charge in [-0.05, 0) is 41.5 Å². The van der Waals surface area contributed by atoms with E-state index in [9.17, 15) is 9.59 Å². The average Bonchev–Trinajstić information content (AvgIpc) is 2.13. The minimum atomic E-state index is -0.497. The van der Waals surface area contributed by atoms with E-state index in [1.54, 1.807) is 41.5 Å². The maximum absolute atomic E-state index is 11.4. The van der Waals surface area contributed by atoms with Crippen molar-refractivity contribution >= 4 is 23.7 Å². The van der Waals surface area contributed by atoms with Gasteiger partial charge < -0.3 is 9.47 Å². The van der Waals surface area contributed by atoms with E-state index in [-0.39, 0.29) is 23.8 Å². The monoisotopic (exact) mass is 262 g/mol. The number of ether oxygens (including phenoxy) is 2. The summed E-state index contributed by atoms with van der Waals surface area (Å²) >= 11 is 1.26. The summed E-state index contributed by atoms with van der Waals surface area (Å²) in [6, 6.07) is 0. The van der Waals surface area contributed by atoms with E-state index in [0.29, 0.717) is 0 Å². The predicted molar refractivity (Wildman–Crippen MR) is 68.4 cm³/mol. The maximum Gasteiger partial charge on any atom is 0.312 e. The van der Waals surface area contributed by atoms with Crippen LogP contribution in [0.15, 0.2) is 0 Å². The summed E-state index contributed by atoms with van der Waals surface area (Å²) in [5.41, 5.74) is -0.995. The lowest BCUT2D eigenvalue weighted by Crippen LogP contribution is -2.24. The first-order valence-electron chi connectivity index (χ1n) is 5.47. The van der Waals surface area contributed by atoms with Crippen LogP contribution in [0.25, 0.3) is 0 Å². The molecule has 0 amide bonds. The highest BCUT2D eigenvalue weighted by atomic mass is 32.2. The molecule has 0 aromatic heterocycles. The molecule has 0 spiro atoms. The molecule has 17 heavy (non-hydrogen) atoms. The second-order valence-electron chi connectivity index (χ2n) is 5.80. The highest BCUT2D eigenvalue weighted by Crippen LogP contribution is 2.18. The van der Waals surface area contributed by atoms with Gasteiger partial charge >= 0.3 is 11.9 Å². The molecule has 100 valence electrons. The first kappa shape index (κ1) is 16.3. The van der Waals surface area contributed by atoms with Crippen molar-refractivity contribution in [3.05, 3.63) is 0 Å². The molecule has 0 bridgehead atoms. The maximum atomic E-state index is 11.4. The first-order valence-corrected chi connectivity index (χ1v) is 6.63. The van der Waals surface area contributed by atoms with E-state index in [2.05, 4.69) is 0 Å². The zero-order chi connectivity index (χ0) is 13.7. The lowest BCUT2D eigenvalue weighted by molar-refractivity contribution is -0.150. The first-order chi connectivity index (χ1) is 7.55. The van der Waals surface area contributed by atoms with Gasteiger partial charge in [0.25, 0.3) is 0 Å². The van der Waals surface area contributed by atoms with E-state index in [0.717, 1.165) is 0 Å². The van der Waals surface area contributed by atoms with E-state index in [1.807, 2.05) is 0 Å². The van der Waals surface area contributed by atoms with Gasteiger partial charge in [-0.3, -0.25) is 9.59 Å². The van der Waals surface area contributed by atoms with Crippen molar-refractivity contribution in [1.29, 1.82) is 0 Å². The molecule has 0 unspecified atom stereocenters. The molecule has 4 nitrogen and oxygen atoms in total. The Bertz CT molecular complexity index is 245. The molecular weight excluding hydrogens is 240 g/mol. The van der Waals surface area contributed by atoms with Gasteiger partial charge in [0.15, 0.2) is 0 Å². The van der Waals surface area contributed by atoms with Crippen molar-refractivity contribution in [2.24, 2.45) is 10.8 Å². The Labute approximate surface area is 107 Å². The Morgan fingerprint density at radius 2 is 1.12 bits per heavy atom. The molecule has 0 N–H and O–H groups in total. The molecule has 0 atom stereocenters. The molecule has 0 saturated heterocycles. The molecule has 0 aliphatic heterocycles. The summed E-state index contributed by atoms with van der Waals surface area (Å²) in [5.74, 6) is -0.111. The molecule has 0 heterocycles. The van der Waals surface area contributed by atoms with Crippen LogP contribution in [0.5, 0.6) is 0 Å². The van der Waals surface area contributed by atoms with Crippen molar-refractivity contribution in [3.63, 3.8) is 0 Å². The van der Waals surface area contributed by atoms with Crippen LogP contribution in [0.1, 0.15) is 41.5 Å². The lowest BCUT2D eigenvalue weighted by atomic mass is 9.98. The number of thioether (sulfide) groups is 1. The average molecular weight is 262 g/mol. The van der Waals surface area contributed by atoms with Crippen LogP contribution in [0.2, 0.25) is 0 Å².